The van der Waals surface area contributed by atoms with Crippen molar-refractivity contribution < 1.29 is 31.9 Å². The van der Waals surface area contributed by atoms with Gasteiger partial charge in [0.25, 0.3) is 11.1 Å². The number of nitrogens with one attached hydrogen (secondary N) is 2. The Kier molecular flexibility index (Phi) is 19.3. The minimum atomic E-state index is -0.766. The van der Waals surface area contributed by atoms with Gasteiger partial charge in [-0.15, -0.1) is 0 Å². The molecule has 3 fully saturated rings. The lowest BCUT2D eigenvalue weighted by atomic mass is 9.90. The van der Waals surface area contributed by atoms with Gasteiger partial charge in [0.15, 0.2) is 11.3 Å². The van der Waals surface area contributed by atoms with Crippen LogP contribution in [0.15, 0.2) is 190 Å². The monoisotopic (exact) mass is 1380 g/mol. The molecule has 102 heavy (non-hydrogen) atoms. The van der Waals surface area contributed by atoms with Crippen molar-refractivity contribution in [3.63, 3.8) is 0 Å². The summed E-state index contributed by atoms with van der Waals surface area (Å²) in [5.74, 6) is -2.09. The van der Waals surface area contributed by atoms with Gasteiger partial charge in [0, 0.05) is 93.8 Å². The van der Waals surface area contributed by atoms with Crippen LogP contribution < -0.4 is 33.1 Å². The van der Waals surface area contributed by atoms with Crippen molar-refractivity contribution in [3.05, 3.63) is 258 Å². The first-order valence-electron chi connectivity index (χ1n) is 34.2. The number of piperazine rings is 1. The van der Waals surface area contributed by atoms with Crippen molar-refractivity contribution in [3.8, 4) is 33.6 Å². The minimum absolute atomic E-state index is 0.0261. The van der Waals surface area contributed by atoms with Gasteiger partial charge in [0.05, 0.1) is 52.5 Å². The van der Waals surface area contributed by atoms with Crippen LogP contribution in [0.4, 0.5) is 22.4 Å². The average Bonchev–Trinajstić information content (AvgIpc) is 1.01. The lowest BCUT2D eigenvalue weighted by Gasteiger charge is -2.37. The number of fused-ring (bicyclic) bond motifs is 4. The summed E-state index contributed by atoms with van der Waals surface area (Å²) in [6.45, 7) is 10.9. The average molecular weight is 1380 g/mol. The fourth-order valence-electron chi connectivity index (χ4n) is 14.3. The molecular weight excluding hydrogens is 1310 g/mol. The highest BCUT2D eigenvalue weighted by Crippen LogP contribution is 2.34. The minimum Gasteiger partial charge on any atom is -0.444 e. The van der Waals surface area contributed by atoms with Crippen molar-refractivity contribution >= 4 is 45.7 Å². The van der Waals surface area contributed by atoms with Gasteiger partial charge in [0.2, 0.25) is 0 Å². The van der Waals surface area contributed by atoms with E-state index in [1.807, 2.05) is 30.3 Å². The molecule has 25 heteroatoms. The van der Waals surface area contributed by atoms with Crippen molar-refractivity contribution in [1.82, 2.24) is 67.4 Å². The van der Waals surface area contributed by atoms with E-state index in [-0.39, 0.29) is 52.6 Å². The fourth-order valence-corrected chi connectivity index (χ4v) is 14.3. The van der Waals surface area contributed by atoms with E-state index < -0.39 is 57.7 Å². The van der Waals surface area contributed by atoms with Crippen molar-refractivity contribution in [2.75, 3.05) is 26.2 Å². The number of hydrogen-bond donors (Lipinski definition) is 2. The second-order valence-corrected chi connectivity index (χ2v) is 27.3. The number of ether oxygens (including phenoxy) is 1. The number of amides is 1. The summed E-state index contributed by atoms with van der Waals surface area (Å²) in [5.41, 5.74) is 5.89. The van der Waals surface area contributed by atoms with Crippen LogP contribution in [0.2, 0.25) is 0 Å². The van der Waals surface area contributed by atoms with Gasteiger partial charge in [0.1, 0.15) is 46.5 Å². The third-order valence-corrected chi connectivity index (χ3v) is 19.3. The van der Waals surface area contributed by atoms with E-state index in [1.54, 1.807) is 101 Å². The number of carbonyl (C=O) groups is 2. The van der Waals surface area contributed by atoms with Crippen molar-refractivity contribution in [2.24, 2.45) is 0 Å². The van der Waals surface area contributed by atoms with Gasteiger partial charge < -0.3 is 24.2 Å². The molecule has 1 aliphatic heterocycles. The van der Waals surface area contributed by atoms with Gasteiger partial charge in [-0.2, -0.15) is 0 Å². The number of aromatic nitrogens is 10. The van der Waals surface area contributed by atoms with Gasteiger partial charge >= 0.3 is 17.5 Å². The predicted molar refractivity (Wildman–Crippen MR) is 379 cm³/mol. The Morgan fingerprint density at radius 2 is 1.09 bits per heavy atom. The SMILES string of the molecule is CC(C)(C)OC(=O)N(Cc1cn2cc(F)ccc2n1)[C@H]1CC[C@@H](n2c(=O)c3cc(F)cnc3n(-c3cccc(-c4ccc(C=O)cc4)c3)c2=O)CC1.O=c1c2cc(F)cnc2n(-c2cccc(-c3ccc(CN4CCNCC4)cc3)c2)c(=O)n1[C@H]1CC[C@@H](NCc2cn3cc(F)ccc3n2)CC1. The summed E-state index contributed by atoms with van der Waals surface area (Å²) in [4.78, 5) is 103. The standard InChI is InChI=1S/C39H36F2N6O5.C38H38F2N8O2/c1-39(2,3)52-38(51)45(22-29-21-44-20-27(40)11-16-34(44)43-29)30-12-14-31(15-13-30)47-36(49)33-18-28(41)19-42-35(33)46(37(47)50)32-6-4-5-26(17-32)25-9-7-24(23-48)8-10-25;39-28-8-13-35-44-31(24-46(35)23-28)21-42-30-9-11-32(12-10-30)48-37(49)34-19-29(40)20-43-36(34)47(38(48)50)33-3-1-2-27(18-33)26-6-4-25(5-7-26)22-45-16-14-41-15-17-45/h4-11,16-21,23,30-31H,12-15,22H2,1-3H3;1-8,13,18-20,23-24,30,32,41-42H,9-12,14-17,21-22H2/t30-,31+;30-,32+. The van der Waals surface area contributed by atoms with E-state index in [1.165, 1.54) is 54.4 Å². The topological polar surface area (TPSA) is 222 Å². The van der Waals surface area contributed by atoms with Crippen molar-refractivity contribution in [2.45, 2.75) is 122 Å². The number of pyridine rings is 4. The van der Waals surface area contributed by atoms with Crippen LogP contribution >= 0.6 is 0 Å². The Morgan fingerprint density at radius 1 is 0.588 bits per heavy atom. The zero-order valence-corrected chi connectivity index (χ0v) is 56.4. The second-order valence-electron chi connectivity index (χ2n) is 27.3. The molecular formula is C77H74F4N14O7. The molecule has 1 amide bonds. The molecule has 2 aliphatic carbocycles. The number of benzene rings is 4. The van der Waals surface area contributed by atoms with Gasteiger partial charge in [-0.05, 0) is 161 Å². The van der Waals surface area contributed by atoms with E-state index in [9.17, 15) is 46.3 Å². The maximum Gasteiger partial charge on any atom is 0.410 e. The largest absolute Gasteiger partial charge is 0.444 e. The highest BCUT2D eigenvalue weighted by molar-refractivity contribution is 5.79. The second kappa shape index (κ2) is 28.9. The summed E-state index contributed by atoms with van der Waals surface area (Å²) in [7, 11) is 0. The summed E-state index contributed by atoms with van der Waals surface area (Å²) < 4.78 is 70.8. The van der Waals surface area contributed by atoms with Gasteiger partial charge in [-0.3, -0.25) is 33.3 Å². The van der Waals surface area contributed by atoms with E-state index in [4.69, 9.17) is 4.74 Å². The molecule has 0 bridgehead atoms. The van der Waals surface area contributed by atoms with E-state index in [0.29, 0.717) is 79.0 Å². The Morgan fingerprint density at radius 3 is 1.61 bits per heavy atom. The number of imidazole rings is 2. The molecule has 0 radical (unpaired) electrons. The normalized spacial score (nSPS) is 17.4. The van der Waals surface area contributed by atoms with Crippen LogP contribution in [0.3, 0.4) is 0 Å². The van der Waals surface area contributed by atoms with Crippen LogP contribution in [0.5, 0.6) is 0 Å². The fraction of sp³-hybridized carbons (Fsp3) is 0.299. The van der Waals surface area contributed by atoms with Crippen molar-refractivity contribution in [1.29, 1.82) is 0 Å². The molecule has 2 N–H and O–H groups in total. The van der Waals surface area contributed by atoms with Gasteiger partial charge in [-0.1, -0.05) is 72.8 Å². The van der Waals surface area contributed by atoms with E-state index >= 15 is 0 Å². The number of hydrogen-bond acceptors (Lipinski definition) is 14. The molecule has 3 aliphatic rings. The molecule has 12 aromatic rings. The Bertz CT molecular complexity index is 5390. The van der Waals surface area contributed by atoms with E-state index in [0.717, 1.165) is 98.3 Å². The first-order chi connectivity index (χ1) is 49.3. The number of carbonyl (C=O) groups excluding carboxylic acids is 2. The highest BCUT2D eigenvalue weighted by atomic mass is 19.1. The zero-order valence-electron chi connectivity index (χ0n) is 56.4. The molecule has 9 heterocycles. The van der Waals surface area contributed by atoms with Crippen LogP contribution in [0, 0.1) is 23.3 Å². The third-order valence-electron chi connectivity index (χ3n) is 19.3. The molecule has 4 aromatic carbocycles. The molecule has 0 atom stereocenters. The van der Waals surface area contributed by atoms with E-state index in [2.05, 4.69) is 59.7 Å². The van der Waals surface area contributed by atoms with Crippen LogP contribution in [-0.4, -0.2) is 113 Å². The summed E-state index contributed by atoms with van der Waals surface area (Å²) >= 11 is 0. The predicted octanol–water partition coefficient (Wildman–Crippen LogP) is 11.7. The highest BCUT2D eigenvalue weighted by Gasteiger charge is 2.35. The van der Waals surface area contributed by atoms with Crippen LogP contribution in [0.1, 0.15) is 112 Å². The quantitative estimate of drug-likeness (QED) is 0.0720. The summed E-state index contributed by atoms with van der Waals surface area (Å²) in [6, 6.07) is 37.3. The first kappa shape index (κ1) is 68.1. The smallest absolute Gasteiger partial charge is 0.410 e. The number of aldehydes is 1. The Labute approximate surface area is 582 Å². The molecule has 0 unspecified atom stereocenters. The first-order valence-corrected chi connectivity index (χ1v) is 34.2. The summed E-state index contributed by atoms with van der Waals surface area (Å²) in [6.07, 6.45) is 12.7. The van der Waals surface area contributed by atoms with Crippen LogP contribution in [-0.2, 0) is 24.4 Å². The molecule has 2 saturated carbocycles. The number of halogens is 4. The number of rotatable bonds is 15. The van der Waals surface area contributed by atoms with Crippen LogP contribution in [0.25, 0.3) is 67.0 Å². The molecule has 21 nitrogen and oxygen atoms in total. The number of nitrogens with zero attached hydrogens (tertiary/aromatic N) is 12. The maximum absolute atomic E-state index is 14.6. The summed E-state index contributed by atoms with van der Waals surface area (Å²) in [5, 5.41) is 6.94. The van der Waals surface area contributed by atoms with Gasteiger partial charge in [-0.25, -0.2) is 61.0 Å². The Balaban J connectivity index is 0.000000173. The Hall–Kier alpha value is -11.0. The molecule has 15 rings (SSSR count). The maximum atomic E-state index is 14.6. The molecule has 522 valence electrons. The zero-order chi connectivity index (χ0) is 70.9. The molecule has 1 saturated heterocycles. The lowest BCUT2D eigenvalue weighted by Crippen LogP contribution is -2.47. The lowest BCUT2D eigenvalue weighted by molar-refractivity contribution is 0.00780. The third kappa shape index (κ3) is 14.6. The molecule has 0 spiro atoms. The molecule has 8 aromatic heterocycles.